The van der Waals surface area contributed by atoms with Crippen molar-refractivity contribution in [2.24, 2.45) is 5.92 Å². The molecule has 1 atom stereocenters. The number of nitrogens with one attached hydrogen (secondary N) is 1. The highest BCUT2D eigenvalue weighted by molar-refractivity contribution is 7.14. The second-order valence-electron chi connectivity index (χ2n) is 4.93. The molecule has 4 heteroatoms. The van der Waals surface area contributed by atoms with Crippen molar-refractivity contribution in [1.29, 1.82) is 0 Å². The lowest BCUT2D eigenvalue weighted by Gasteiger charge is -2.14. The summed E-state index contributed by atoms with van der Waals surface area (Å²) >= 11 is 1.60. The van der Waals surface area contributed by atoms with Crippen molar-refractivity contribution in [1.82, 2.24) is 5.32 Å². The molecule has 1 unspecified atom stereocenters. The van der Waals surface area contributed by atoms with Crippen LogP contribution in [0.2, 0.25) is 0 Å². The van der Waals surface area contributed by atoms with Crippen LogP contribution in [0, 0.1) is 5.92 Å². The molecule has 0 fully saturated rings. The van der Waals surface area contributed by atoms with Gasteiger partial charge in [-0.1, -0.05) is 13.8 Å². The predicted octanol–water partition coefficient (Wildman–Crippen LogP) is 1.98. The molecular formula is C13H19NO2S. The van der Waals surface area contributed by atoms with E-state index in [1.165, 1.54) is 16.9 Å². The van der Waals surface area contributed by atoms with Crippen LogP contribution in [0.15, 0.2) is 6.07 Å². The van der Waals surface area contributed by atoms with E-state index in [-0.39, 0.29) is 11.8 Å². The Balaban J connectivity index is 1.91. The standard InChI is InChI=1S/C13H19NO2S/c1-8(2)10(15)7-14-13(16)12-6-9-4-3-5-11(9)17-12/h6,8,10,15H,3-5,7H2,1-2H3,(H,14,16). The van der Waals surface area contributed by atoms with Crippen LogP contribution in [0.25, 0.3) is 0 Å². The summed E-state index contributed by atoms with van der Waals surface area (Å²) in [6.45, 7) is 4.21. The molecule has 3 nitrogen and oxygen atoms in total. The molecule has 94 valence electrons. The molecule has 0 aliphatic heterocycles. The molecule has 0 spiro atoms. The second kappa shape index (κ2) is 5.19. The molecule has 2 N–H and O–H groups in total. The van der Waals surface area contributed by atoms with Gasteiger partial charge in [-0.3, -0.25) is 4.79 Å². The Bertz CT molecular complexity index is 390. The third-order valence-electron chi connectivity index (χ3n) is 3.21. The van der Waals surface area contributed by atoms with Gasteiger partial charge in [-0.2, -0.15) is 0 Å². The monoisotopic (exact) mass is 253 g/mol. The molecule has 1 heterocycles. The van der Waals surface area contributed by atoms with E-state index in [1.807, 2.05) is 19.9 Å². The largest absolute Gasteiger partial charge is 0.391 e. The van der Waals surface area contributed by atoms with Gasteiger partial charge < -0.3 is 10.4 Å². The predicted molar refractivity (Wildman–Crippen MR) is 69.5 cm³/mol. The molecule has 0 radical (unpaired) electrons. The van der Waals surface area contributed by atoms with Crippen LogP contribution in [-0.2, 0) is 12.8 Å². The fraction of sp³-hybridized carbons (Fsp3) is 0.615. The van der Waals surface area contributed by atoms with Crippen molar-refractivity contribution in [2.75, 3.05) is 6.54 Å². The highest BCUT2D eigenvalue weighted by Crippen LogP contribution is 2.30. The van der Waals surface area contributed by atoms with Crippen LogP contribution in [0.3, 0.4) is 0 Å². The third-order valence-corrected chi connectivity index (χ3v) is 4.45. The van der Waals surface area contributed by atoms with E-state index in [0.29, 0.717) is 6.54 Å². The SMILES string of the molecule is CC(C)C(O)CNC(=O)c1cc2c(s1)CCC2. The lowest BCUT2D eigenvalue weighted by atomic mass is 10.1. The fourth-order valence-corrected chi connectivity index (χ4v) is 3.13. The number of aliphatic hydroxyl groups excluding tert-OH is 1. The van der Waals surface area contributed by atoms with Crippen LogP contribution in [-0.4, -0.2) is 23.7 Å². The van der Waals surface area contributed by atoms with E-state index in [9.17, 15) is 9.90 Å². The lowest BCUT2D eigenvalue weighted by molar-refractivity contribution is 0.0875. The Kier molecular flexibility index (Phi) is 3.84. The molecule has 1 aromatic rings. The van der Waals surface area contributed by atoms with Crippen LogP contribution >= 0.6 is 11.3 Å². The number of rotatable bonds is 4. The number of thiophene rings is 1. The Hall–Kier alpha value is -0.870. The van der Waals surface area contributed by atoms with Gasteiger partial charge in [-0.05, 0) is 36.8 Å². The number of aryl methyl sites for hydroxylation is 2. The molecule has 0 aromatic carbocycles. The van der Waals surface area contributed by atoms with E-state index < -0.39 is 6.10 Å². The summed E-state index contributed by atoms with van der Waals surface area (Å²) in [6, 6.07) is 2.00. The lowest BCUT2D eigenvalue weighted by Crippen LogP contribution is -2.34. The summed E-state index contributed by atoms with van der Waals surface area (Å²) in [4.78, 5) is 14.0. The van der Waals surface area contributed by atoms with Crippen LogP contribution < -0.4 is 5.32 Å². The Labute approximate surface area is 106 Å². The topological polar surface area (TPSA) is 49.3 Å². The highest BCUT2D eigenvalue weighted by atomic mass is 32.1. The number of carbonyl (C=O) groups excluding carboxylic acids is 1. The zero-order valence-corrected chi connectivity index (χ0v) is 11.1. The number of hydrogen-bond donors (Lipinski definition) is 2. The maximum Gasteiger partial charge on any atom is 0.261 e. The smallest absolute Gasteiger partial charge is 0.261 e. The van der Waals surface area contributed by atoms with Crippen LogP contribution in [0.4, 0.5) is 0 Å². The summed E-state index contributed by atoms with van der Waals surface area (Å²) in [5, 5.41) is 12.4. The molecule has 1 aliphatic rings. The van der Waals surface area contributed by atoms with Gasteiger partial charge in [-0.15, -0.1) is 11.3 Å². The Morgan fingerprint density at radius 2 is 2.29 bits per heavy atom. The zero-order chi connectivity index (χ0) is 12.4. The molecule has 1 aliphatic carbocycles. The molecule has 1 amide bonds. The first-order valence-electron chi connectivity index (χ1n) is 6.15. The Morgan fingerprint density at radius 1 is 1.53 bits per heavy atom. The Morgan fingerprint density at radius 3 is 2.94 bits per heavy atom. The molecule has 17 heavy (non-hydrogen) atoms. The van der Waals surface area contributed by atoms with Gasteiger partial charge in [-0.25, -0.2) is 0 Å². The first kappa shape index (κ1) is 12.6. The van der Waals surface area contributed by atoms with Gasteiger partial charge in [0.25, 0.3) is 5.91 Å². The van der Waals surface area contributed by atoms with E-state index in [4.69, 9.17) is 0 Å². The summed E-state index contributed by atoms with van der Waals surface area (Å²) in [6.07, 6.45) is 2.97. The quantitative estimate of drug-likeness (QED) is 0.862. The normalized spacial score (nSPS) is 16.0. The summed E-state index contributed by atoms with van der Waals surface area (Å²) in [5.74, 6) is 0.118. The van der Waals surface area contributed by atoms with Crippen molar-refractivity contribution < 1.29 is 9.90 Å². The minimum absolute atomic E-state index is 0.0518. The van der Waals surface area contributed by atoms with E-state index in [1.54, 1.807) is 11.3 Å². The molecular weight excluding hydrogens is 234 g/mol. The van der Waals surface area contributed by atoms with E-state index in [0.717, 1.165) is 17.7 Å². The van der Waals surface area contributed by atoms with Gasteiger partial charge in [0.2, 0.25) is 0 Å². The van der Waals surface area contributed by atoms with Gasteiger partial charge >= 0.3 is 0 Å². The minimum Gasteiger partial charge on any atom is -0.391 e. The number of fused-ring (bicyclic) bond motifs is 1. The van der Waals surface area contributed by atoms with Crippen molar-refractivity contribution >= 4 is 17.2 Å². The molecule has 1 aromatic heterocycles. The molecule has 2 rings (SSSR count). The van der Waals surface area contributed by atoms with Gasteiger partial charge in [0.05, 0.1) is 11.0 Å². The number of aliphatic hydroxyl groups is 1. The van der Waals surface area contributed by atoms with E-state index in [2.05, 4.69) is 5.32 Å². The van der Waals surface area contributed by atoms with Crippen molar-refractivity contribution in [2.45, 2.75) is 39.2 Å². The number of amides is 1. The summed E-state index contributed by atoms with van der Waals surface area (Å²) in [5.41, 5.74) is 1.34. The molecule has 0 bridgehead atoms. The van der Waals surface area contributed by atoms with Crippen molar-refractivity contribution in [3.63, 3.8) is 0 Å². The van der Waals surface area contributed by atoms with Crippen LogP contribution in [0.5, 0.6) is 0 Å². The van der Waals surface area contributed by atoms with Crippen molar-refractivity contribution in [3.8, 4) is 0 Å². The summed E-state index contributed by atoms with van der Waals surface area (Å²) < 4.78 is 0. The van der Waals surface area contributed by atoms with Crippen molar-refractivity contribution in [3.05, 3.63) is 21.4 Å². The highest BCUT2D eigenvalue weighted by Gasteiger charge is 2.19. The average Bonchev–Trinajstić information content (AvgIpc) is 2.84. The van der Waals surface area contributed by atoms with Crippen LogP contribution in [0.1, 0.15) is 40.4 Å². The van der Waals surface area contributed by atoms with Gasteiger partial charge in [0, 0.05) is 11.4 Å². The first-order chi connectivity index (χ1) is 8.08. The fourth-order valence-electron chi connectivity index (χ4n) is 1.96. The molecule has 0 saturated carbocycles. The van der Waals surface area contributed by atoms with Gasteiger partial charge in [0.15, 0.2) is 0 Å². The second-order valence-corrected chi connectivity index (χ2v) is 6.07. The maximum atomic E-state index is 11.9. The first-order valence-corrected chi connectivity index (χ1v) is 6.97. The minimum atomic E-state index is -0.467. The molecule has 0 saturated heterocycles. The number of hydrogen-bond acceptors (Lipinski definition) is 3. The maximum absolute atomic E-state index is 11.9. The zero-order valence-electron chi connectivity index (χ0n) is 10.3. The van der Waals surface area contributed by atoms with Gasteiger partial charge in [0.1, 0.15) is 0 Å². The number of carbonyl (C=O) groups is 1. The average molecular weight is 253 g/mol. The summed E-state index contributed by atoms with van der Waals surface area (Å²) in [7, 11) is 0. The third kappa shape index (κ3) is 2.87. The van der Waals surface area contributed by atoms with E-state index >= 15 is 0 Å².